The maximum absolute atomic E-state index is 12.5. The van der Waals surface area contributed by atoms with Crippen molar-refractivity contribution in [1.29, 1.82) is 0 Å². The Kier molecular flexibility index (Phi) is 6.05. The molecule has 0 aliphatic heterocycles. The molecule has 8 heteroatoms. The number of esters is 1. The molecule has 1 aromatic heterocycles. The first kappa shape index (κ1) is 20.6. The number of carbonyl (C=O) groups excluding carboxylic acids is 2. The Balaban J connectivity index is 2.52. The van der Waals surface area contributed by atoms with Crippen LogP contribution >= 0.6 is 11.6 Å². The van der Waals surface area contributed by atoms with E-state index in [1.54, 1.807) is 39.0 Å². The Labute approximate surface area is 161 Å². The fraction of sp³-hybridized carbons (Fsp3) is 0.368. The third-order valence-electron chi connectivity index (χ3n) is 3.51. The number of methoxy groups -OCH3 is 1. The van der Waals surface area contributed by atoms with Gasteiger partial charge in [0.05, 0.1) is 12.7 Å². The van der Waals surface area contributed by atoms with Crippen molar-refractivity contribution in [1.82, 2.24) is 9.78 Å². The fourth-order valence-corrected chi connectivity index (χ4v) is 2.64. The highest BCUT2D eigenvalue weighted by atomic mass is 35.5. The molecule has 0 spiro atoms. The standard InChI is InChI=1S/C19H21ClN2O5/c1-11(23)13-7-6-12(20)8-14(13)15-9-16(24)22(21-18(15)26-5)10-17(25)27-19(2,3)4/h6-9H,10H2,1-5H3. The van der Waals surface area contributed by atoms with Crippen LogP contribution in [0, 0.1) is 0 Å². The van der Waals surface area contributed by atoms with Gasteiger partial charge in [-0.05, 0) is 51.5 Å². The Hall–Kier alpha value is -2.67. The Morgan fingerprint density at radius 2 is 1.85 bits per heavy atom. The summed E-state index contributed by atoms with van der Waals surface area (Å²) in [6, 6.07) is 5.99. The highest BCUT2D eigenvalue weighted by molar-refractivity contribution is 6.31. The summed E-state index contributed by atoms with van der Waals surface area (Å²) in [6.07, 6.45) is 0. The number of ether oxygens (including phenoxy) is 2. The largest absolute Gasteiger partial charge is 0.480 e. The number of ketones is 1. The van der Waals surface area contributed by atoms with Gasteiger partial charge >= 0.3 is 5.97 Å². The van der Waals surface area contributed by atoms with Gasteiger partial charge in [0.1, 0.15) is 12.1 Å². The van der Waals surface area contributed by atoms with Crippen molar-refractivity contribution in [2.45, 2.75) is 39.8 Å². The van der Waals surface area contributed by atoms with Crippen molar-refractivity contribution in [3.05, 3.63) is 45.2 Å². The number of benzene rings is 1. The number of aromatic nitrogens is 2. The second kappa shape index (κ2) is 7.92. The lowest BCUT2D eigenvalue weighted by Gasteiger charge is -2.19. The number of rotatable bonds is 5. The summed E-state index contributed by atoms with van der Waals surface area (Å²) in [5, 5.41) is 4.49. The van der Waals surface area contributed by atoms with E-state index in [0.29, 0.717) is 21.7 Å². The van der Waals surface area contributed by atoms with Crippen LogP contribution in [0.5, 0.6) is 5.88 Å². The number of Topliss-reactive ketones (excluding diaryl/α,β-unsaturated/α-hetero) is 1. The minimum Gasteiger partial charge on any atom is -0.480 e. The molecule has 1 aromatic carbocycles. The van der Waals surface area contributed by atoms with Crippen LogP contribution in [0.4, 0.5) is 0 Å². The van der Waals surface area contributed by atoms with Crippen LogP contribution in [0.1, 0.15) is 38.1 Å². The summed E-state index contributed by atoms with van der Waals surface area (Å²) in [6.45, 7) is 6.24. The van der Waals surface area contributed by atoms with Crippen molar-refractivity contribution in [3.8, 4) is 17.0 Å². The van der Waals surface area contributed by atoms with Crippen LogP contribution in [-0.2, 0) is 16.1 Å². The molecule has 0 unspecified atom stereocenters. The minimum absolute atomic E-state index is 0.0860. The zero-order valence-electron chi connectivity index (χ0n) is 15.8. The summed E-state index contributed by atoms with van der Waals surface area (Å²) >= 11 is 6.05. The molecule has 27 heavy (non-hydrogen) atoms. The molecule has 2 rings (SSSR count). The first-order valence-corrected chi connectivity index (χ1v) is 8.58. The van der Waals surface area contributed by atoms with Crippen LogP contribution in [0.15, 0.2) is 29.1 Å². The van der Waals surface area contributed by atoms with Gasteiger partial charge in [-0.3, -0.25) is 14.4 Å². The molecule has 0 saturated carbocycles. The zero-order valence-corrected chi connectivity index (χ0v) is 16.6. The first-order chi connectivity index (χ1) is 12.5. The van der Waals surface area contributed by atoms with E-state index in [9.17, 15) is 14.4 Å². The molecule has 144 valence electrons. The van der Waals surface area contributed by atoms with Gasteiger partial charge in [0.25, 0.3) is 5.56 Å². The average molecular weight is 393 g/mol. The van der Waals surface area contributed by atoms with E-state index in [-0.39, 0.29) is 18.2 Å². The SMILES string of the molecule is COc1nn(CC(=O)OC(C)(C)C)c(=O)cc1-c1cc(Cl)ccc1C(C)=O. The summed E-state index contributed by atoms with van der Waals surface area (Å²) in [7, 11) is 1.38. The Bertz CT molecular complexity index is 944. The monoisotopic (exact) mass is 392 g/mol. The molecule has 0 amide bonds. The molecule has 0 aliphatic carbocycles. The molecule has 0 N–H and O–H groups in total. The van der Waals surface area contributed by atoms with Crippen LogP contribution in [0.2, 0.25) is 5.02 Å². The second-order valence-electron chi connectivity index (χ2n) is 6.90. The maximum Gasteiger partial charge on any atom is 0.328 e. The molecular formula is C19H21ClN2O5. The quantitative estimate of drug-likeness (QED) is 0.574. The molecule has 2 aromatic rings. The smallest absolute Gasteiger partial charge is 0.328 e. The predicted molar refractivity (Wildman–Crippen MR) is 101 cm³/mol. The van der Waals surface area contributed by atoms with Gasteiger partial charge in [0, 0.05) is 16.7 Å². The molecule has 7 nitrogen and oxygen atoms in total. The molecule has 0 saturated heterocycles. The highest BCUT2D eigenvalue weighted by Crippen LogP contribution is 2.32. The molecule has 0 radical (unpaired) electrons. The molecule has 0 atom stereocenters. The molecule has 1 heterocycles. The van der Waals surface area contributed by atoms with Crippen LogP contribution in [-0.4, -0.2) is 34.2 Å². The summed E-state index contributed by atoms with van der Waals surface area (Å²) in [5.41, 5.74) is -0.0894. The van der Waals surface area contributed by atoms with Gasteiger partial charge in [0.15, 0.2) is 5.78 Å². The van der Waals surface area contributed by atoms with Crippen LogP contribution in [0.3, 0.4) is 0 Å². The van der Waals surface area contributed by atoms with Crippen LogP contribution in [0.25, 0.3) is 11.1 Å². The molecular weight excluding hydrogens is 372 g/mol. The van der Waals surface area contributed by atoms with Gasteiger partial charge in [-0.1, -0.05) is 11.6 Å². The Morgan fingerprint density at radius 1 is 1.19 bits per heavy atom. The van der Waals surface area contributed by atoms with Crippen molar-refractivity contribution in [2.75, 3.05) is 7.11 Å². The third-order valence-corrected chi connectivity index (χ3v) is 3.74. The van der Waals surface area contributed by atoms with E-state index in [4.69, 9.17) is 21.1 Å². The fourth-order valence-electron chi connectivity index (χ4n) is 2.47. The van der Waals surface area contributed by atoms with Gasteiger partial charge in [-0.15, -0.1) is 5.10 Å². The van der Waals surface area contributed by atoms with E-state index >= 15 is 0 Å². The zero-order chi connectivity index (χ0) is 20.4. The van der Waals surface area contributed by atoms with E-state index in [2.05, 4.69) is 5.10 Å². The van der Waals surface area contributed by atoms with Crippen molar-refractivity contribution >= 4 is 23.4 Å². The summed E-state index contributed by atoms with van der Waals surface area (Å²) in [4.78, 5) is 36.4. The molecule has 0 bridgehead atoms. The van der Waals surface area contributed by atoms with Gasteiger partial charge in [-0.2, -0.15) is 0 Å². The van der Waals surface area contributed by atoms with Crippen molar-refractivity contribution in [3.63, 3.8) is 0 Å². The number of halogens is 1. The Morgan fingerprint density at radius 3 is 2.41 bits per heavy atom. The lowest BCUT2D eigenvalue weighted by molar-refractivity contribution is -0.155. The molecule has 0 aliphatic rings. The number of hydrogen-bond acceptors (Lipinski definition) is 6. The van der Waals surface area contributed by atoms with E-state index in [0.717, 1.165) is 4.68 Å². The second-order valence-corrected chi connectivity index (χ2v) is 7.33. The average Bonchev–Trinajstić information content (AvgIpc) is 2.54. The number of hydrogen-bond donors (Lipinski definition) is 0. The summed E-state index contributed by atoms with van der Waals surface area (Å²) < 4.78 is 11.4. The number of carbonyl (C=O) groups is 2. The molecule has 0 fully saturated rings. The normalized spacial score (nSPS) is 11.2. The minimum atomic E-state index is -0.679. The van der Waals surface area contributed by atoms with E-state index in [1.165, 1.54) is 20.1 Å². The van der Waals surface area contributed by atoms with E-state index in [1.807, 2.05) is 0 Å². The van der Waals surface area contributed by atoms with E-state index < -0.39 is 17.1 Å². The summed E-state index contributed by atoms with van der Waals surface area (Å²) in [5.74, 6) is -0.705. The van der Waals surface area contributed by atoms with Gasteiger partial charge < -0.3 is 9.47 Å². The van der Waals surface area contributed by atoms with Crippen LogP contribution < -0.4 is 10.3 Å². The lowest BCUT2D eigenvalue weighted by atomic mass is 9.98. The highest BCUT2D eigenvalue weighted by Gasteiger charge is 2.20. The van der Waals surface area contributed by atoms with Gasteiger partial charge in [0.2, 0.25) is 5.88 Å². The lowest BCUT2D eigenvalue weighted by Crippen LogP contribution is -2.32. The van der Waals surface area contributed by atoms with Gasteiger partial charge in [-0.25, -0.2) is 4.68 Å². The topological polar surface area (TPSA) is 87.5 Å². The first-order valence-electron chi connectivity index (χ1n) is 8.20. The third kappa shape index (κ3) is 5.17. The van der Waals surface area contributed by atoms with Crippen molar-refractivity contribution < 1.29 is 19.1 Å². The predicted octanol–water partition coefficient (Wildman–Crippen LogP) is 3.12. The maximum atomic E-state index is 12.5. The van der Waals surface area contributed by atoms with Crippen molar-refractivity contribution in [2.24, 2.45) is 0 Å². The number of nitrogens with zero attached hydrogens (tertiary/aromatic N) is 2.